The van der Waals surface area contributed by atoms with Gasteiger partial charge in [0, 0.05) is 12.1 Å². The number of carbonyl (C=O) groups excluding carboxylic acids is 1. The predicted molar refractivity (Wildman–Crippen MR) is 115 cm³/mol. The van der Waals surface area contributed by atoms with Gasteiger partial charge < -0.3 is 24.4 Å². The van der Waals surface area contributed by atoms with Crippen LogP contribution in [0.15, 0.2) is 42.5 Å². The number of benzene rings is 2. The first-order valence-electron chi connectivity index (χ1n) is 9.75. The largest absolute Gasteiger partial charge is 0.497 e. The van der Waals surface area contributed by atoms with E-state index in [1.54, 1.807) is 32.4 Å². The van der Waals surface area contributed by atoms with Crippen LogP contribution in [-0.2, 0) is 0 Å². The van der Waals surface area contributed by atoms with Crippen LogP contribution in [0.5, 0.6) is 17.2 Å². The molecule has 0 saturated carbocycles. The Bertz CT molecular complexity index is 805. The van der Waals surface area contributed by atoms with Crippen molar-refractivity contribution in [1.82, 2.24) is 10.2 Å². The van der Waals surface area contributed by atoms with Crippen molar-refractivity contribution in [3.63, 3.8) is 0 Å². The maximum atomic E-state index is 12.7. The van der Waals surface area contributed by atoms with Crippen LogP contribution in [0.25, 0.3) is 0 Å². The highest BCUT2D eigenvalue weighted by Gasteiger charge is 2.17. The van der Waals surface area contributed by atoms with Gasteiger partial charge in [-0.3, -0.25) is 4.79 Å². The van der Waals surface area contributed by atoms with Crippen LogP contribution < -0.4 is 19.5 Å². The lowest BCUT2D eigenvalue weighted by Crippen LogP contribution is -2.34. The Kier molecular flexibility index (Phi) is 8.34. The number of likely N-dealkylation sites (N-methyl/N-ethyl adjacent to an activating group) is 1. The third kappa shape index (κ3) is 6.39. The molecule has 6 heteroatoms. The van der Waals surface area contributed by atoms with Crippen molar-refractivity contribution in [3.8, 4) is 17.2 Å². The van der Waals surface area contributed by atoms with E-state index in [9.17, 15) is 4.79 Å². The zero-order valence-corrected chi connectivity index (χ0v) is 18.2. The highest BCUT2D eigenvalue weighted by Crippen LogP contribution is 2.29. The van der Waals surface area contributed by atoms with Crippen molar-refractivity contribution in [1.29, 1.82) is 0 Å². The molecule has 1 unspecified atom stereocenters. The lowest BCUT2D eigenvalue weighted by Gasteiger charge is -2.25. The molecular formula is C23H32N2O4. The van der Waals surface area contributed by atoms with E-state index in [2.05, 4.69) is 24.1 Å². The van der Waals surface area contributed by atoms with Gasteiger partial charge in [0.15, 0.2) is 11.5 Å². The van der Waals surface area contributed by atoms with E-state index in [1.165, 1.54) is 0 Å². The number of rotatable bonds is 10. The summed E-state index contributed by atoms with van der Waals surface area (Å²) in [6.45, 7) is 5.22. The molecule has 0 bridgehead atoms. The minimum Gasteiger partial charge on any atom is -0.497 e. The molecule has 2 aromatic carbocycles. The fourth-order valence-corrected chi connectivity index (χ4v) is 2.92. The minimum absolute atomic E-state index is 0.0181. The first-order valence-corrected chi connectivity index (χ1v) is 9.75. The van der Waals surface area contributed by atoms with Crippen molar-refractivity contribution in [3.05, 3.63) is 53.6 Å². The summed E-state index contributed by atoms with van der Waals surface area (Å²) in [5, 5.41) is 3.02. The molecule has 2 aromatic rings. The van der Waals surface area contributed by atoms with Crippen molar-refractivity contribution in [2.45, 2.75) is 19.9 Å². The molecule has 6 nitrogen and oxygen atoms in total. The Balaban J connectivity index is 2.09. The standard InChI is InChI=1S/C23H32N2O4/c1-16(2)15-29-21-11-10-18(13-22(21)28-6)23(26)24-14-20(25(3)4)17-8-7-9-19(12-17)27-5/h7-13,16,20H,14-15H2,1-6H3,(H,24,26). The normalized spacial score (nSPS) is 12.0. The topological polar surface area (TPSA) is 60.0 Å². The lowest BCUT2D eigenvalue weighted by molar-refractivity contribution is 0.0941. The van der Waals surface area contributed by atoms with Gasteiger partial charge in [-0.1, -0.05) is 26.0 Å². The summed E-state index contributed by atoms with van der Waals surface area (Å²) in [4.78, 5) is 14.8. The summed E-state index contributed by atoms with van der Waals surface area (Å²) >= 11 is 0. The fourth-order valence-electron chi connectivity index (χ4n) is 2.92. The van der Waals surface area contributed by atoms with Gasteiger partial charge >= 0.3 is 0 Å². The van der Waals surface area contributed by atoms with E-state index in [0.29, 0.717) is 36.1 Å². The SMILES string of the molecule is COc1cccc(C(CNC(=O)c2ccc(OCC(C)C)c(OC)c2)N(C)C)c1. The zero-order valence-electron chi connectivity index (χ0n) is 18.2. The van der Waals surface area contributed by atoms with Gasteiger partial charge in [0.05, 0.1) is 26.9 Å². The summed E-state index contributed by atoms with van der Waals surface area (Å²) in [6, 6.07) is 13.1. The van der Waals surface area contributed by atoms with E-state index < -0.39 is 0 Å². The number of amides is 1. The summed E-state index contributed by atoms with van der Waals surface area (Å²) in [5.41, 5.74) is 1.60. The molecule has 0 aliphatic heterocycles. The molecule has 158 valence electrons. The molecule has 0 fully saturated rings. The monoisotopic (exact) mass is 400 g/mol. The fraction of sp³-hybridized carbons (Fsp3) is 0.435. The summed E-state index contributed by atoms with van der Waals surface area (Å²) < 4.78 is 16.5. The van der Waals surface area contributed by atoms with E-state index >= 15 is 0 Å². The molecule has 29 heavy (non-hydrogen) atoms. The second kappa shape index (κ2) is 10.7. The van der Waals surface area contributed by atoms with Crippen molar-refractivity contribution in [2.24, 2.45) is 5.92 Å². The van der Waals surface area contributed by atoms with Gasteiger partial charge in [-0.25, -0.2) is 0 Å². The molecule has 1 atom stereocenters. The quantitative estimate of drug-likeness (QED) is 0.658. The van der Waals surface area contributed by atoms with Gasteiger partial charge in [0.1, 0.15) is 5.75 Å². The van der Waals surface area contributed by atoms with Crippen molar-refractivity contribution in [2.75, 3.05) is 41.5 Å². The van der Waals surface area contributed by atoms with Gasteiger partial charge in [-0.05, 0) is 55.9 Å². The van der Waals surface area contributed by atoms with Gasteiger partial charge in [-0.2, -0.15) is 0 Å². The summed E-state index contributed by atoms with van der Waals surface area (Å²) in [7, 11) is 7.19. The zero-order chi connectivity index (χ0) is 21.4. The molecule has 2 rings (SSSR count). The smallest absolute Gasteiger partial charge is 0.251 e. The predicted octanol–water partition coefficient (Wildman–Crippen LogP) is 3.77. The Morgan fingerprint density at radius 1 is 1.03 bits per heavy atom. The molecule has 1 N–H and O–H groups in total. The summed E-state index contributed by atoms with van der Waals surface area (Å²) in [6.07, 6.45) is 0. The molecule has 0 saturated heterocycles. The van der Waals surface area contributed by atoms with Crippen molar-refractivity contribution < 1.29 is 19.0 Å². The van der Waals surface area contributed by atoms with Crippen LogP contribution in [0.3, 0.4) is 0 Å². The number of methoxy groups -OCH3 is 2. The Morgan fingerprint density at radius 3 is 2.41 bits per heavy atom. The van der Waals surface area contributed by atoms with E-state index in [0.717, 1.165) is 11.3 Å². The van der Waals surface area contributed by atoms with E-state index in [1.807, 2.05) is 38.4 Å². The van der Waals surface area contributed by atoms with Crippen LogP contribution in [0.4, 0.5) is 0 Å². The molecule has 1 amide bonds. The minimum atomic E-state index is -0.159. The second-order valence-corrected chi connectivity index (χ2v) is 7.54. The first kappa shape index (κ1) is 22.6. The molecule has 0 aromatic heterocycles. The average molecular weight is 401 g/mol. The third-order valence-electron chi connectivity index (χ3n) is 4.56. The maximum absolute atomic E-state index is 12.7. The van der Waals surface area contributed by atoms with Gasteiger partial charge in [0.25, 0.3) is 5.91 Å². The summed E-state index contributed by atoms with van der Waals surface area (Å²) in [5.74, 6) is 2.23. The van der Waals surface area contributed by atoms with Crippen LogP contribution in [0.2, 0.25) is 0 Å². The number of nitrogens with one attached hydrogen (secondary N) is 1. The molecule has 0 heterocycles. The third-order valence-corrected chi connectivity index (χ3v) is 4.56. The average Bonchev–Trinajstić information content (AvgIpc) is 2.71. The first-order chi connectivity index (χ1) is 13.8. The number of hydrogen-bond acceptors (Lipinski definition) is 5. The molecular weight excluding hydrogens is 368 g/mol. The number of hydrogen-bond donors (Lipinski definition) is 1. The van der Waals surface area contributed by atoms with Crippen molar-refractivity contribution >= 4 is 5.91 Å². The molecule has 0 radical (unpaired) electrons. The van der Waals surface area contributed by atoms with Gasteiger partial charge in [0.2, 0.25) is 0 Å². The van der Waals surface area contributed by atoms with E-state index in [-0.39, 0.29) is 11.9 Å². The van der Waals surface area contributed by atoms with Crippen LogP contribution in [0, 0.1) is 5.92 Å². The van der Waals surface area contributed by atoms with Crippen LogP contribution in [0.1, 0.15) is 35.8 Å². The second-order valence-electron chi connectivity index (χ2n) is 7.54. The molecule has 0 spiro atoms. The molecule has 0 aliphatic carbocycles. The lowest BCUT2D eigenvalue weighted by atomic mass is 10.1. The van der Waals surface area contributed by atoms with E-state index in [4.69, 9.17) is 14.2 Å². The molecule has 0 aliphatic rings. The highest BCUT2D eigenvalue weighted by atomic mass is 16.5. The maximum Gasteiger partial charge on any atom is 0.251 e. The number of ether oxygens (including phenoxy) is 3. The Hall–Kier alpha value is -2.73. The Labute approximate surface area is 173 Å². The number of nitrogens with zero attached hydrogens (tertiary/aromatic N) is 1. The number of carbonyl (C=O) groups is 1. The van der Waals surface area contributed by atoms with Crippen LogP contribution in [-0.4, -0.2) is 52.3 Å². The Morgan fingerprint density at radius 2 is 1.79 bits per heavy atom. The van der Waals surface area contributed by atoms with Gasteiger partial charge in [-0.15, -0.1) is 0 Å². The highest BCUT2D eigenvalue weighted by molar-refractivity contribution is 5.94. The van der Waals surface area contributed by atoms with Crippen LogP contribution >= 0.6 is 0 Å².